The van der Waals surface area contributed by atoms with Crippen LogP contribution in [0.2, 0.25) is 0 Å². The molecule has 1 atom stereocenters. The molecule has 1 fully saturated rings. The minimum atomic E-state index is -3.09. The van der Waals surface area contributed by atoms with Crippen LogP contribution in [0.5, 0.6) is 0 Å². The molecule has 0 bridgehead atoms. The number of H-pyrrole nitrogens is 1. The molecule has 0 radical (unpaired) electrons. The third-order valence-electron chi connectivity index (χ3n) is 3.37. The van der Waals surface area contributed by atoms with Gasteiger partial charge in [-0.05, 0) is 19.8 Å². The van der Waals surface area contributed by atoms with Gasteiger partial charge in [0.25, 0.3) is 5.56 Å². The zero-order valence-corrected chi connectivity index (χ0v) is 12.0. The van der Waals surface area contributed by atoms with Crippen molar-refractivity contribution < 1.29 is 8.42 Å². The van der Waals surface area contributed by atoms with Gasteiger partial charge in [0.1, 0.15) is 11.5 Å². The number of nitrogens with one attached hydrogen (secondary N) is 2. The second-order valence-electron chi connectivity index (χ2n) is 4.86. The van der Waals surface area contributed by atoms with E-state index in [2.05, 4.69) is 10.3 Å². The Kier molecular flexibility index (Phi) is 3.89. The van der Waals surface area contributed by atoms with Gasteiger partial charge < -0.3 is 11.1 Å². The number of nitrogen functional groups attached to an aromatic ring is 1. The molecule has 0 aliphatic carbocycles. The van der Waals surface area contributed by atoms with Gasteiger partial charge in [0.15, 0.2) is 9.84 Å². The molecule has 4 N–H and O–H groups in total. The van der Waals surface area contributed by atoms with Crippen molar-refractivity contribution in [1.82, 2.24) is 9.55 Å². The fourth-order valence-electron chi connectivity index (χ4n) is 2.38. The summed E-state index contributed by atoms with van der Waals surface area (Å²) in [6.45, 7) is 2.05. The quantitative estimate of drug-likeness (QED) is 0.666. The molecular weight excluding hydrogens is 284 g/mol. The maximum Gasteiger partial charge on any atom is 0.330 e. The number of anilines is 2. The van der Waals surface area contributed by atoms with E-state index in [1.807, 2.05) is 0 Å². The lowest BCUT2D eigenvalue weighted by Crippen LogP contribution is -2.39. The smallest absolute Gasteiger partial charge is 0.330 e. The average Bonchev–Trinajstić information content (AvgIpc) is 2.33. The molecule has 2 heterocycles. The SMILES string of the molecule is CCn1c(N)c(NC2CCCS(=O)(=O)C2)c(=O)[nH]c1=O. The van der Waals surface area contributed by atoms with E-state index in [0.717, 1.165) is 0 Å². The van der Waals surface area contributed by atoms with Gasteiger partial charge in [-0.2, -0.15) is 0 Å². The molecule has 112 valence electrons. The fourth-order valence-corrected chi connectivity index (χ4v) is 4.02. The molecule has 0 saturated carbocycles. The van der Waals surface area contributed by atoms with Crippen molar-refractivity contribution in [2.75, 3.05) is 22.6 Å². The Morgan fingerprint density at radius 1 is 1.45 bits per heavy atom. The predicted molar refractivity (Wildman–Crippen MR) is 76.7 cm³/mol. The number of nitrogens with zero attached hydrogens (tertiary/aromatic N) is 1. The van der Waals surface area contributed by atoms with Crippen LogP contribution in [0.3, 0.4) is 0 Å². The van der Waals surface area contributed by atoms with Crippen molar-refractivity contribution in [3.63, 3.8) is 0 Å². The lowest BCUT2D eigenvalue weighted by atomic mass is 10.2. The van der Waals surface area contributed by atoms with Crippen molar-refractivity contribution in [2.24, 2.45) is 0 Å². The highest BCUT2D eigenvalue weighted by Gasteiger charge is 2.26. The van der Waals surface area contributed by atoms with E-state index in [1.54, 1.807) is 6.92 Å². The number of aromatic amines is 1. The van der Waals surface area contributed by atoms with Crippen LogP contribution in [-0.2, 0) is 16.4 Å². The summed E-state index contributed by atoms with van der Waals surface area (Å²) in [6, 6.07) is -0.361. The molecule has 20 heavy (non-hydrogen) atoms. The van der Waals surface area contributed by atoms with E-state index in [0.29, 0.717) is 19.4 Å². The summed E-state index contributed by atoms with van der Waals surface area (Å²) in [5.41, 5.74) is 4.68. The maximum absolute atomic E-state index is 11.8. The number of aromatic nitrogens is 2. The highest BCUT2D eigenvalue weighted by atomic mass is 32.2. The van der Waals surface area contributed by atoms with Crippen molar-refractivity contribution >= 4 is 21.3 Å². The first-order valence-corrected chi connectivity index (χ1v) is 8.25. The van der Waals surface area contributed by atoms with E-state index in [4.69, 9.17) is 5.73 Å². The molecule has 1 aliphatic rings. The minimum Gasteiger partial charge on any atom is -0.383 e. The second kappa shape index (κ2) is 5.31. The highest BCUT2D eigenvalue weighted by Crippen LogP contribution is 2.18. The van der Waals surface area contributed by atoms with Gasteiger partial charge >= 0.3 is 5.69 Å². The Morgan fingerprint density at radius 3 is 2.75 bits per heavy atom. The van der Waals surface area contributed by atoms with E-state index >= 15 is 0 Å². The number of nitrogens with two attached hydrogens (primary N) is 1. The van der Waals surface area contributed by atoms with Gasteiger partial charge in [-0.3, -0.25) is 14.3 Å². The van der Waals surface area contributed by atoms with Crippen LogP contribution in [-0.4, -0.2) is 35.5 Å². The van der Waals surface area contributed by atoms with Crippen LogP contribution in [0.15, 0.2) is 9.59 Å². The summed E-state index contributed by atoms with van der Waals surface area (Å²) < 4.78 is 24.4. The van der Waals surface area contributed by atoms with E-state index in [9.17, 15) is 18.0 Å². The van der Waals surface area contributed by atoms with Crippen LogP contribution < -0.4 is 22.3 Å². The second-order valence-corrected chi connectivity index (χ2v) is 7.09. The lowest BCUT2D eigenvalue weighted by Gasteiger charge is -2.24. The monoisotopic (exact) mass is 302 g/mol. The summed E-state index contributed by atoms with van der Waals surface area (Å²) in [5.74, 6) is 0.173. The molecule has 8 nitrogen and oxygen atoms in total. The Bertz CT molecular complexity index is 719. The molecule has 0 amide bonds. The van der Waals surface area contributed by atoms with Crippen molar-refractivity contribution in [3.8, 4) is 0 Å². The third-order valence-corrected chi connectivity index (χ3v) is 5.19. The molecular formula is C11H18N4O4S. The molecule has 1 aliphatic heterocycles. The van der Waals surface area contributed by atoms with Gasteiger partial charge in [0.2, 0.25) is 0 Å². The maximum atomic E-state index is 11.8. The summed E-state index contributed by atoms with van der Waals surface area (Å²) in [7, 11) is -3.09. The first-order valence-electron chi connectivity index (χ1n) is 6.43. The minimum absolute atomic E-state index is 0.0306. The first-order chi connectivity index (χ1) is 9.34. The van der Waals surface area contributed by atoms with Crippen molar-refractivity contribution in [3.05, 3.63) is 20.8 Å². The molecule has 1 aromatic rings. The molecule has 1 saturated heterocycles. The Labute approximate surface area is 115 Å². The molecule has 0 aromatic carbocycles. The molecule has 9 heteroatoms. The van der Waals surface area contributed by atoms with Crippen molar-refractivity contribution in [2.45, 2.75) is 32.4 Å². The molecule has 1 aromatic heterocycles. The largest absolute Gasteiger partial charge is 0.383 e. The lowest BCUT2D eigenvalue weighted by molar-refractivity contribution is 0.561. The number of hydrogen-bond donors (Lipinski definition) is 3. The third kappa shape index (κ3) is 2.87. The zero-order chi connectivity index (χ0) is 14.9. The Hall–Kier alpha value is -1.77. The number of sulfone groups is 1. The van der Waals surface area contributed by atoms with Crippen LogP contribution in [0.25, 0.3) is 0 Å². The number of hydrogen-bond acceptors (Lipinski definition) is 6. The topological polar surface area (TPSA) is 127 Å². The zero-order valence-electron chi connectivity index (χ0n) is 11.2. The molecule has 0 spiro atoms. The standard InChI is InChI=1S/C11H18N4O4S/c1-2-15-9(12)8(10(16)14-11(15)17)13-7-4-3-5-20(18,19)6-7/h7,13H,2-6,12H2,1H3,(H,14,16,17). The van der Waals surface area contributed by atoms with Gasteiger partial charge in [-0.15, -0.1) is 0 Å². The van der Waals surface area contributed by atoms with E-state index in [1.165, 1.54) is 4.57 Å². The van der Waals surface area contributed by atoms with Crippen LogP contribution in [0.4, 0.5) is 11.5 Å². The van der Waals surface area contributed by atoms with E-state index in [-0.39, 0.29) is 29.1 Å². The fraction of sp³-hybridized carbons (Fsp3) is 0.636. The summed E-state index contributed by atoms with van der Waals surface area (Å²) >= 11 is 0. The van der Waals surface area contributed by atoms with Gasteiger partial charge in [0.05, 0.1) is 11.5 Å². The predicted octanol–water partition coefficient (Wildman–Crippen LogP) is -0.872. The molecule has 2 rings (SSSR count). The highest BCUT2D eigenvalue weighted by molar-refractivity contribution is 7.91. The van der Waals surface area contributed by atoms with Crippen molar-refractivity contribution in [1.29, 1.82) is 0 Å². The average molecular weight is 302 g/mol. The first kappa shape index (κ1) is 14.6. The van der Waals surface area contributed by atoms with Gasteiger partial charge in [-0.25, -0.2) is 13.2 Å². The van der Waals surface area contributed by atoms with Gasteiger partial charge in [-0.1, -0.05) is 0 Å². The van der Waals surface area contributed by atoms with Gasteiger partial charge in [0, 0.05) is 12.6 Å². The summed E-state index contributed by atoms with van der Waals surface area (Å²) in [5, 5.41) is 2.87. The van der Waals surface area contributed by atoms with E-state index < -0.39 is 21.1 Å². The summed E-state index contributed by atoms with van der Waals surface area (Å²) in [4.78, 5) is 25.5. The normalized spacial score (nSPS) is 21.6. The summed E-state index contributed by atoms with van der Waals surface area (Å²) in [6.07, 6.45) is 1.19. The van der Waals surface area contributed by atoms with Crippen LogP contribution in [0.1, 0.15) is 19.8 Å². The molecule has 1 unspecified atom stereocenters. The Balaban J connectivity index is 2.35. The van der Waals surface area contributed by atoms with Crippen LogP contribution in [0, 0.1) is 0 Å². The van der Waals surface area contributed by atoms with Crippen LogP contribution >= 0.6 is 0 Å². The number of rotatable bonds is 3. The Morgan fingerprint density at radius 2 is 2.15 bits per heavy atom.